The minimum atomic E-state index is -4.53. The molecular formula is C38H45F3N8O3Sn. The van der Waals surface area contributed by atoms with Crippen molar-refractivity contribution >= 4 is 30.2 Å². The van der Waals surface area contributed by atoms with Gasteiger partial charge in [0.25, 0.3) is 5.91 Å². The molecule has 3 aromatic carbocycles. The van der Waals surface area contributed by atoms with Gasteiger partial charge in [0.2, 0.25) is 0 Å². The van der Waals surface area contributed by atoms with E-state index in [1.54, 1.807) is 12.0 Å². The zero-order chi connectivity index (χ0) is 37.8. The van der Waals surface area contributed by atoms with Crippen LogP contribution in [0.4, 0.5) is 18.9 Å². The zero-order valence-corrected chi connectivity index (χ0v) is 33.6. The fourth-order valence-corrected chi connectivity index (χ4v) is 9.80. The number of carbonyl (C=O) groups is 1. The molecule has 3 heterocycles. The molecule has 0 aliphatic carbocycles. The van der Waals surface area contributed by atoms with Crippen molar-refractivity contribution in [3.05, 3.63) is 89.6 Å². The number of nitrogens with zero attached hydrogens (tertiary/aromatic N) is 8. The van der Waals surface area contributed by atoms with Gasteiger partial charge in [0, 0.05) is 26.2 Å². The number of halogens is 3. The molecular weight excluding hydrogens is 792 g/mol. The number of alkyl halides is 3. The summed E-state index contributed by atoms with van der Waals surface area (Å²) in [6.07, 6.45) is -3.10. The van der Waals surface area contributed by atoms with Gasteiger partial charge < -0.3 is 14.5 Å². The number of piperazine rings is 1. The Morgan fingerprint density at radius 1 is 0.906 bits per heavy atom. The minimum absolute atomic E-state index is 0.0264. The molecule has 0 atom stereocenters. The number of tetrazole rings is 1. The van der Waals surface area contributed by atoms with Gasteiger partial charge in [-0.1, -0.05) is 25.5 Å². The van der Waals surface area contributed by atoms with E-state index in [2.05, 4.69) is 40.3 Å². The number of hydrogen-bond acceptors (Lipinski definition) is 8. The van der Waals surface area contributed by atoms with E-state index in [0.717, 1.165) is 44.2 Å². The second kappa shape index (κ2) is 16.2. The van der Waals surface area contributed by atoms with Crippen LogP contribution in [-0.2, 0) is 24.2 Å². The average molecular weight is 838 g/mol. The van der Waals surface area contributed by atoms with Crippen LogP contribution in [-0.4, -0.2) is 104 Å². The predicted molar refractivity (Wildman–Crippen MR) is 200 cm³/mol. The van der Waals surface area contributed by atoms with Crippen LogP contribution in [0.3, 0.4) is 0 Å². The third-order valence-electron chi connectivity index (χ3n) is 9.21. The summed E-state index contributed by atoms with van der Waals surface area (Å²) in [6, 6.07) is 23.6. The molecule has 53 heavy (non-hydrogen) atoms. The number of benzene rings is 3. The normalized spacial score (nSPS) is 13.7. The number of amides is 1. The molecule has 0 bridgehead atoms. The van der Waals surface area contributed by atoms with Crippen molar-refractivity contribution < 1.29 is 27.4 Å². The van der Waals surface area contributed by atoms with Crippen LogP contribution >= 0.6 is 0 Å². The summed E-state index contributed by atoms with van der Waals surface area (Å²) >= 11 is -2.70. The number of ether oxygens (including phenoxy) is 2. The number of carbonyl (C=O) groups excluding carboxylic acids is 1. The van der Waals surface area contributed by atoms with Gasteiger partial charge in [-0.2, -0.15) is 13.2 Å². The Hall–Kier alpha value is -4.60. The van der Waals surface area contributed by atoms with E-state index >= 15 is 0 Å². The van der Waals surface area contributed by atoms with Gasteiger partial charge in [0.15, 0.2) is 6.61 Å². The summed E-state index contributed by atoms with van der Waals surface area (Å²) in [5.74, 6) is 1.17. The van der Waals surface area contributed by atoms with Crippen LogP contribution in [0.2, 0.25) is 14.8 Å². The number of hydrogen-bond donors (Lipinski definition) is 0. The van der Waals surface area contributed by atoms with Crippen LogP contribution in [0.5, 0.6) is 11.6 Å². The number of aryl methyl sites for hydroxylation is 1. The molecule has 280 valence electrons. The first kappa shape index (κ1) is 38.1. The molecule has 1 fully saturated rings. The Morgan fingerprint density at radius 2 is 1.58 bits per heavy atom. The van der Waals surface area contributed by atoms with E-state index in [1.165, 1.54) is 0 Å². The molecule has 1 saturated heterocycles. The standard InChI is InChI=1S/C35H36F3N8O3.3CH3.Sn/c1-3-8-29-28(21-24-13-15-25(16-14-24)26-9-4-5-10-27(26)33-39-42-43-40-33)34(46(41-29)23-35(36,37)38)49-22-32(47)45-19-17-44(18-20-45)30-11-6-7-12-31(30)48-2;;;;/h4-7,9-16H,3,8,17-23H2,1-2H3;3*1H3;/q-1;;;;+1. The average Bonchev–Trinajstić information content (AvgIpc) is 3.76. The monoisotopic (exact) mass is 838 g/mol. The molecule has 1 aliphatic rings. The van der Waals surface area contributed by atoms with Crippen molar-refractivity contribution in [2.24, 2.45) is 0 Å². The summed E-state index contributed by atoms with van der Waals surface area (Å²) in [4.78, 5) is 24.0. The molecule has 0 radical (unpaired) electrons. The van der Waals surface area contributed by atoms with E-state index in [-0.39, 0.29) is 18.2 Å². The molecule has 1 aliphatic heterocycles. The maximum atomic E-state index is 13.8. The van der Waals surface area contributed by atoms with E-state index < -0.39 is 38.0 Å². The van der Waals surface area contributed by atoms with Gasteiger partial charge >= 0.3 is 179 Å². The predicted octanol–water partition coefficient (Wildman–Crippen LogP) is 6.73. The molecule has 0 saturated carbocycles. The van der Waals surface area contributed by atoms with Crippen LogP contribution in [0.15, 0.2) is 72.8 Å². The Labute approximate surface area is 311 Å². The van der Waals surface area contributed by atoms with E-state index in [4.69, 9.17) is 9.47 Å². The molecule has 15 heteroatoms. The van der Waals surface area contributed by atoms with Crippen molar-refractivity contribution in [2.75, 3.05) is 44.8 Å². The summed E-state index contributed by atoms with van der Waals surface area (Å²) in [5.41, 5.74) is 5.75. The summed E-state index contributed by atoms with van der Waals surface area (Å²) < 4.78 is 55.8. The van der Waals surface area contributed by atoms with E-state index in [9.17, 15) is 18.0 Å². The Bertz CT molecular complexity index is 2020. The fraction of sp³-hybridized carbons (Fsp3) is 0.395. The maximum absolute atomic E-state index is 13.8. The van der Waals surface area contributed by atoms with Crippen molar-refractivity contribution in [3.8, 4) is 34.1 Å². The van der Waals surface area contributed by atoms with Crippen LogP contribution in [0.25, 0.3) is 22.5 Å². The fourth-order valence-electron chi connectivity index (χ4n) is 6.64. The van der Waals surface area contributed by atoms with Gasteiger partial charge in [-0.05, 0) is 12.1 Å². The van der Waals surface area contributed by atoms with Gasteiger partial charge in [0.1, 0.15) is 12.3 Å². The summed E-state index contributed by atoms with van der Waals surface area (Å²) in [5, 5.41) is 17.1. The topological polar surface area (TPSA) is 103 Å². The zero-order valence-electron chi connectivity index (χ0n) is 30.7. The van der Waals surface area contributed by atoms with Crippen molar-refractivity contribution in [3.63, 3.8) is 0 Å². The second-order valence-electron chi connectivity index (χ2n) is 14.1. The first-order chi connectivity index (χ1) is 25.4. The molecule has 1 amide bonds. The van der Waals surface area contributed by atoms with Crippen LogP contribution < -0.4 is 14.4 Å². The van der Waals surface area contributed by atoms with Gasteiger partial charge in [0.05, 0.1) is 12.8 Å². The number of aromatic nitrogens is 6. The number of anilines is 1. The van der Waals surface area contributed by atoms with E-state index in [0.29, 0.717) is 50.3 Å². The SMILES string of the molecule is CCCc1nn(CC(F)(F)F)c(OCC(=O)N2CCN(c3ccccc3OC)CC2)c1Cc1ccc(-c2ccccc2-c2nnn[n]2[Sn]([CH3])([CH3])[CH3])cc1. The molecule has 5 aromatic rings. The molecule has 0 spiro atoms. The Kier molecular flexibility index (Phi) is 11.6. The Balaban J connectivity index is 1.22. The third kappa shape index (κ3) is 8.96. The van der Waals surface area contributed by atoms with Crippen LogP contribution in [0, 0.1) is 0 Å². The molecule has 0 unspecified atom stereocenters. The molecule has 11 nitrogen and oxygen atoms in total. The van der Waals surface area contributed by atoms with E-state index in [1.807, 2.05) is 82.6 Å². The molecule has 0 N–H and O–H groups in total. The third-order valence-corrected chi connectivity index (χ3v) is 13.7. The van der Waals surface area contributed by atoms with Crippen molar-refractivity contribution in [1.29, 1.82) is 0 Å². The second-order valence-corrected chi connectivity index (χ2v) is 27.7. The summed E-state index contributed by atoms with van der Waals surface area (Å²) in [7, 11) is 1.62. The first-order valence-electron chi connectivity index (χ1n) is 17.8. The number of para-hydroxylation sites is 2. The van der Waals surface area contributed by atoms with Crippen molar-refractivity contribution in [2.45, 2.75) is 53.7 Å². The van der Waals surface area contributed by atoms with Gasteiger partial charge in [-0.25, -0.2) is 0 Å². The number of methoxy groups -OCH3 is 1. The molecule has 6 rings (SSSR count). The van der Waals surface area contributed by atoms with Crippen LogP contribution in [0.1, 0.15) is 30.2 Å². The van der Waals surface area contributed by atoms with Gasteiger partial charge in [-0.3, -0.25) is 4.79 Å². The van der Waals surface area contributed by atoms with Gasteiger partial charge in [-0.15, -0.1) is 0 Å². The quantitative estimate of drug-likeness (QED) is 0.121. The summed E-state index contributed by atoms with van der Waals surface area (Å²) in [6.45, 7) is 2.29. The Morgan fingerprint density at radius 3 is 2.25 bits per heavy atom. The van der Waals surface area contributed by atoms with Crippen molar-refractivity contribution in [1.82, 2.24) is 33.1 Å². The number of rotatable bonds is 13. The first-order valence-corrected chi connectivity index (χ1v) is 27.6. The molecule has 2 aromatic heterocycles.